The Balaban J connectivity index is 3.01. The molecule has 78 valence electrons. The second-order valence-corrected chi connectivity index (χ2v) is 4.33. The first-order valence-electron chi connectivity index (χ1n) is 4.66. The van der Waals surface area contributed by atoms with Crippen LogP contribution in [0.25, 0.3) is 0 Å². The monoisotopic (exact) mass is 257 g/mol. The molecule has 0 bridgehead atoms. The van der Waals surface area contributed by atoms with Crippen molar-refractivity contribution < 1.29 is 4.74 Å². The Labute approximate surface area is 93.6 Å². The van der Waals surface area contributed by atoms with Gasteiger partial charge >= 0.3 is 0 Å². The average molecular weight is 258 g/mol. The fourth-order valence-electron chi connectivity index (χ4n) is 1.46. The van der Waals surface area contributed by atoms with Gasteiger partial charge in [0, 0.05) is 11.6 Å². The highest BCUT2D eigenvalue weighted by atomic mass is 79.9. The highest BCUT2D eigenvalue weighted by Crippen LogP contribution is 2.23. The lowest BCUT2D eigenvalue weighted by atomic mass is 9.96. The lowest BCUT2D eigenvalue weighted by Crippen LogP contribution is -2.11. The van der Waals surface area contributed by atoms with Gasteiger partial charge in [-0.25, -0.2) is 0 Å². The van der Waals surface area contributed by atoms with E-state index in [1.54, 1.807) is 7.11 Å². The van der Waals surface area contributed by atoms with Gasteiger partial charge in [-0.05, 0) is 35.7 Å². The van der Waals surface area contributed by atoms with Crippen molar-refractivity contribution in [3.8, 4) is 0 Å². The Morgan fingerprint density at radius 1 is 1.50 bits per heavy atom. The molecule has 0 spiro atoms. The van der Waals surface area contributed by atoms with Crippen LogP contribution in [0.3, 0.4) is 0 Å². The van der Waals surface area contributed by atoms with Crippen molar-refractivity contribution in [2.45, 2.75) is 19.4 Å². The van der Waals surface area contributed by atoms with Crippen LogP contribution in [0.5, 0.6) is 0 Å². The summed E-state index contributed by atoms with van der Waals surface area (Å²) < 4.78 is 6.24. The Morgan fingerprint density at radius 2 is 2.21 bits per heavy atom. The van der Waals surface area contributed by atoms with Crippen LogP contribution in [0, 0.1) is 0 Å². The highest BCUT2D eigenvalue weighted by Gasteiger charge is 2.09. The molecule has 0 amide bonds. The van der Waals surface area contributed by atoms with Crippen molar-refractivity contribution in [2.75, 3.05) is 13.7 Å². The summed E-state index contributed by atoms with van der Waals surface area (Å²) in [6, 6.07) is 6.24. The molecule has 1 atom stereocenters. The molecule has 0 radical (unpaired) electrons. The first-order valence-corrected chi connectivity index (χ1v) is 5.45. The molecule has 1 rings (SSSR count). The lowest BCUT2D eigenvalue weighted by Gasteiger charge is -2.14. The average Bonchev–Trinajstić information content (AvgIpc) is 2.17. The molecule has 0 saturated heterocycles. The van der Waals surface area contributed by atoms with E-state index in [2.05, 4.69) is 35.0 Å². The Bertz CT molecular complexity index is 301. The van der Waals surface area contributed by atoms with Gasteiger partial charge < -0.3 is 10.5 Å². The Kier molecular flexibility index (Phi) is 4.58. The predicted molar refractivity (Wildman–Crippen MR) is 62.3 cm³/mol. The maximum Gasteiger partial charge on any atom is 0.0716 e. The Morgan fingerprint density at radius 3 is 2.79 bits per heavy atom. The maximum atomic E-state index is 5.65. The van der Waals surface area contributed by atoms with Crippen molar-refractivity contribution in [3.05, 3.63) is 33.8 Å². The van der Waals surface area contributed by atoms with Crippen LogP contribution < -0.4 is 5.73 Å². The SMILES string of the molecule is COCc1cc(Br)ccc1C(C)CN. The summed E-state index contributed by atoms with van der Waals surface area (Å²) in [6.45, 7) is 3.43. The maximum absolute atomic E-state index is 5.65. The third-order valence-electron chi connectivity index (χ3n) is 2.29. The number of rotatable bonds is 4. The van der Waals surface area contributed by atoms with E-state index >= 15 is 0 Å². The van der Waals surface area contributed by atoms with Gasteiger partial charge in [-0.3, -0.25) is 0 Å². The van der Waals surface area contributed by atoms with Gasteiger partial charge in [-0.2, -0.15) is 0 Å². The van der Waals surface area contributed by atoms with Gasteiger partial charge in [0.15, 0.2) is 0 Å². The third-order valence-corrected chi connectivity index (χ3v) is 2.78. The number of nitrogens with two attached hydrogens (primary N) is 1. The van der Waals surface area contributed by atoms with Crippen LogP contribution in [0.1, 0.15) is 24.0 Å². The van der Waals surface area contributed by atoms with E-state index in [4.69, 9.17) is 10.5 Å². The normalized spacial score (nSPS) is 12.9. The van der Waals surface area contributed by atoms with Crippen LogP contribution in [-0.2, 0) is 11.3 Å². The molecule has 0 aliphatic carbocycles. The van der Waals surface area contributed by atoms with Gasteiger partial charge in [0.2, 0.25) is 0 Å². The summed E-state index contributed by atoms with van der Waals surface area (Å²) >= 11 is 3.45. The van der Waals surface area contributed by atoms with E-state index in [0.717, 1.165) is 4.47 Å². The number of methoxy groups -OCH3 is 1. The van der Waals surface area contributed by atoms with E-state index in [0.29, 0.717) is 19.1 Å². The molecule has 0 aliphatic heterocycles. The zero-order chi connectivity index (χ0) is 10.6. The fraction of sp³-hybridized carbons (Fsp3) is 0.455. The molecule has 1 unspecified atom stereocenters. The fourth-order valence-corrected chi connectivity index (χ4v) is 1.87. The molecule has 0 aliphatic rings. The molecule has 3 heteroatoms. The summed E-state index contributed by atoms with van der Waals surface area (Å²) in [5, 5.41) is 0. The van der Waals surface area contributed by atoms with Crippen molar-refractivity contribution >= 4 is 15.9 Å². The minimum absolute atomic E-state index is 0.383. The summed E-state index contributed by atoms with van der Waals surface area (Å²) in [4.78, 5) is 0. The van der Waals surface area contributed by atoms with Crippen LogP contribution in [-0.4, -0.2) is 13.7 Å². The zero-order valence-electron chi connectivity index (χ0n) is 8.59. The highest BCUT2D eigenvalue weighted by molar-refractivity contribution is 9.10. The summed E-state index contributed by atoms with van der Waals surface area (Å²) in [5.74, 6) is 0.383. The minimum Gasteiger partial charge on any atom is -0.380 e. The van der Waals surface area contributed by atoms with Crippen LogP contribution in [0.4, 0.5) is 0 Å². The lowest BCUT2D eigenvalue weighted by molar-refractivity contribution is 0.184. The van der Waals surface area contributed by atoms with Gasteiger partial charge in [-0.1, -0.05) is 28.9 Å². The minimum atomic E-state index is 0.383. The van der Waals surface area contributed by atoms with Crippen LogP contribution in [0.15, 0.2) is 22.7 Å². The molecule has 0 heterocycles. The van der Waals surface area contributed by atoms with Gasteiger partial charge in [0.05, 0.1) is 6.61 Å². The first-order chi connectivity index (χ1) is 6.69. The van der Waals surface area contributed by atoms with Crippen molar-refractivity contribution in [2.24, 2.45) is 5.73 Å². The molecule has 1 aromatic rings. The van der Waals surface area contributed by atoms with E-state index < -0.39 is 0 Å². The van der Waals surface area contributed by atoms with Gasteiger partial charge in [0.1, 0.15) is 0 Å². The molecule has 14 heavy (non-hydrogen) atoms. The molecule has 2 N–H and O–H groups in total. The number of hydrogen-bond donors (Lipinski definition) is 1. The zero-order valence-corrected chi connectivity index (χ0v) is 10.2. The second-order valence-electron chi connectivity index (χ2n) is 3.41. The molecule has 1 aromatic carbocycles. The quantitative estimate of drug-likeness (QED) is 0.901. The topological polar surface area (TPSA) is 35.2 Å². The van der Waals surface area contributed by atoms with E-state index in [9.17, 15) is 0 Å². The molecule has 2 nitrogen and oxygen atoms in total. The van der Waals surface area contributed by atoms with E-state index in [-0.39, 0.29) is 0 Å². The second kappa shape index (κ2) is 5.49. The number of halogens is 1. The largest absolute Gasteiger partial charge is 0.380 e. The first kappa shape index (κ1) is 11.7. The number of benzene rings is 1. The van der Waals surface area contributed by atoms with Gasteiger partial charge in [-0.15, -0.1) is 0 Å². The number of hydrogen-bond acceptors (Lipinski definition) is 2. The smallest absolute Gasteiger partial charge is 0.0716 e. The van der Waals surface area contributed by atoms with Crippen molar-refractivity contribution in [1.29, 1.82) is 0 Å². The third kappa shape index (κ3) is 2.80. The van der Waals surface area contributed by atoms with E-state index in [1.165, 1.54) is 11.1 Å². The Hall–Kier alpha value is -0.380. The summed E-state index contributed by atoms with van der Waals surface area (Å²) in [7, 11) is 1.71. The number of ether oxygens (including phenoxy) is 1. The predicted octanol–water partition coefficient (Wildman–Crippen LogP) is 2.66. The standard InChI is InChI=1S/C11H16BrNO/c1-8(6-13)11-4-3-10(12)5-9(11)7-14-2/h3-5,8H,6-7,13H2,1-2H3. The summed E-state index contributed by atoms with van der Waals surface area (Å²) in [5.41, 5.74) is 8.14. The summed E-state index contributed by atoms with van der Waals surface area (Å²) in [6.07, 6.45) is 0. The molecule has 0 aromatic heterocycles. The molecular formula is C11H16BrNO. The van der Waals surface area contributed by atoms with Gasteiger partial charge in [0.25, 0.3) is 0 Å². The van der Waals surface area contributed by atoms with Crippen molar-refractivity contribution in [1.82, 2.24) is 0 Å². The molecule has 0 fully saturated rings. The van der Waals surface area contributed by atoms with Crippen molar-refractivity contribution in [3.63, 3.8) is 0 Å². The molecular weight excluding hydrogens is 242 g/mol. The van der Waals surface area contributed by atoms with Crippen LogP contribution in [0.2, 0.25) is 0 Å². The van der Waals surface area contributed by atoms with E-state index in [1.807, 2.05) is 6.07 Å². The van der Waals surface area contributed by atoms with Crippen LogP contribution >= 0.6 is 15.9 Å². The molecule has 0 saturated carbocycles.